The molecule has 2 aromatic carbocycles. The highest BCUT2D eigenvalue weighted by Crippen LogP contribution is 2.50. The van der Waals surface area contributed by atoms with Gasteiger partial charge in [-0.25, -0.2) is 4.79 Å². The Balaban J connectivity index is 1.82. The second kappa shape index (κ2) is 5.92. The highest BCUT2D eigenvalue weighted by atomic mass is 79.9. The van der Waals surface area contributed by atoms with Crippen molar-refractivity contribution in [2.45, 2.75) is 25.1 Å². The van der Waals surface area contributed by atoms with Gasteiger partial charge in [0.15, 0.2) is 17.2 Å². The van der Waals surface area contributed by atoms with E-state index in [0.717, 1.165) is 20.2 Å². The predicted octanol–water partition coefficient (Wildman–Crippen LogP) is 4.99. The topological polar surface area (TPSA) is 50.8 Å². The van der Waals surface area contributed by atoms with Gasteiger partial charge in [-0.2, -0.15) is 0 Å². The van der Waals surface area contributed by atoms with E-state index in [9.17, 15) is 4.79 Å². The normalized spacial score (nSPS) is 24.2. The molecule has 1 fully saturated rings. The lowest BCUT2D eigenvalue weighted by atomic mass is 9.90. The number of nitrogens with zero attached hydrogens (tertiary/aromatic N) is 1. The van der Waals surface area contributed by atoms with Gasteiger partial charge in [-0.1, -0.05) is 31.9 Å². The van der Waals surface area contributed by atoms with Crippen molar-refractivity contribution < 1.29 is 14.3 Å². The molecule has 0 radical (unpaired) electrons. The zero-order chi connectivity index (χ0) is 17.8. The summed E-state index contributed by atoms with van der Waals surface area (Å²) in [4.78, 5) is 14.5. The molecule has 0 saturated carbocycles. The molecule has 0 spiro atoms. The Bertz CT molecular complexity index is 856. The summed E-state index contributed by atoms with van der Waals surface area (Å²) in [7, 11) is 1.61. The fraction of sp³-hybridized carbons (Fsp3) is 0.278. The van der Waals surface area contributed by atoms with Crippen molar-refractivity contribution in [1.82, 2.24) is 5.32 Å². The molecule has 2 bridgehead atoms. The van der Waals surface area contributed by atoms with E-state index >= 15 is 0 Å². The van der Waals surface area contributed by atoms with Crippen molar-refractivity contribution >= 4 is 43.6 Å². The maximum atomic E-state index is 12.8. The largest absolute Gasteiger partial charge is 0.493 e. The molecule has 0 unspecified atom stereocenters. The third-order valence-corrected chi connectivity index (χ3v) is 5.59. The molecule has 130 valence electrons. The molecule has 1 saturated heterocycles. The number of carbonyl (C=O) groups excluding carboxylic acids is 1. The van der Waals surface area contributed by atoms with Crippen LogP contribution in [-0.4, -0.2) is 18.9 Å². The summed E-state index contributed by atoms with van der Waals surface area (Å²) in [5.74, 6) is 1.32. The Morgan fingerprint density at radius 2 is 1.96 bits per heavy atom. The van der Waals surface area contributed by atoms with Gasteiger partial charge in [0.1, 0.15) is 0 Å². The highest BCUT2D eigenvalue weighted by molar-refractivity contribution is 9.10. The van der Waals surface area contributed by atoms with Crippen LogP contribution in [0.4, 0.5) is 10.5 Å². The average molecular weight is 468 g/mol. The first kappa shape index (κ1) is 16.7. The van der Waals surface area contributed by atoms with Crippen LogP contribution in [-0.2, 0) is 0 Å². The summed E-state index contributed by atoms with van der Waals surface area (Å²) in [6.45, 7) is 1.94. The predicted molar refractivity (Wildman–Crippen MR) is 102 cm³/mol. The van der Waals surface area contributed by atoms with E-state index in [2.05, 4.69) is 37.2 Å². The number of carbonyl (C=O) groups is 1. The Morgan fingerprint density at radius 1 is 1.24 bits per heavy atom. The molecule has 25 heavy (non-hydrogen) atoms. The minimum atomic E-state index is -0.797. The summed E-state index contributed by atoms with van der Waals surface area (Å²) < 4.78 is 13.7. The number of anilines is 1. The Labute approximate surface area is 162 Å². The van der Waals surface area contributed by atoms with Crippen LogP contribution in [0.1, 0.15) is 24.9 Å². The van der Waals surface area contributed by atoms with E-state index in [1.165, 1.54) is 0 Å². The molecule has 2 aromatic rings. The fourth-order valence-electron chi connectivity index (χ4n) is 3.53. The van der Waals surface area contributed by atoms with Crippen molar-refractivity contribution in [2.75, 3.05) is 12.0 Å². The van der Waals surface area contributed by atoms with E-state index in [4.69, 9.17) is 9.47 Å². The first-order valence-electron chi connectivity index (χ1n) is 7.84. The van der Waals surface area contributed by atoms with E-state index in [-0.39, 0.29) is 12.1 Å². The number of hydrogen-bond donors (Lipinski definition) is 1. The van der Waals surface area contributed by atoms with Gasteiger partial charge in [0.2, 0.25) is 0 Å². The van der Waals surface area contributed by atoms with Gasteiger partial charge in [-0.05, 0) is 43.3 Å². The van der Waals surface area contributed by atoms with Gasteiger partial charge in [0.25, 0.3) is 0 Å². The number of fused-ring (bicyclic) bond motifs is 4. The molecule has 2 aliphatic rings. The smallest absolute Gasteiger partial charge is 0.325 e. The van der Waals surface area contributed by atoms with Crippen LogP contribution in [0, 0.1) is 0 Å². The van der Waals surface area contributed by atoms with Crippen LogP contribution < -0.4 is 19.7 Å². The summed E-state index contributed by atoms with van der Waals surface area (Å²) in [6.07, 6.45) is 0.640. The molecule has 2 amide bonds. The SMILES string of the molecule is COc1cc(Br)cc2c1O[C@@]1(C)C[C@H]2NC(=O)N1c1ccc(Br)cc1. The van der Waals surface area contributed by atoms with Gasteiger partial charge in [0, 0.05) is 26.6 Å². The quantitative estimate of drug-likeness (QED) is 0.676. The minimum Gasteiger partial charge on any atom is -0.493 e. The number of methoxy groups -OCH3 is 1. The average Bonchev–Trinajstić information content (AvgIpc) is 2.56. The van der Waals surface area contributed by atoms with Crippen molar-refractivity contribution in [1.29, 1.82) is 0 Å². The zero-order valence-corrected chi connectivity index (χ0v) is 16.8. The molecular weight excluding hydrogens is 452 g/mol. The van der Waals surface area contributed by atoms with Crippen LogP contribution in [0.5, 0.6) is 11.5 Å². The molecule has 0 aliphatic carbocycles. The second-order valence-electron chi connectivity index (χ2n) is 6.32. The van der Waals surface area contributed by atoms with E-state index in [0.29, 0.717) is 17.9 Å². The Morgan fingerprint density at radius 3 is 2.64 bits per heavy atom. The molecule has 4 rings (SSSR count). The Kier molecular flexibility index (Phi) is 3.96. The van der Waals surface area contributed by atoms with Crippen molar-refractivity contribution in [3.8, 4) is 11.5 Å². The molecule has 5 nitrogen and oxygen atoms in total. The summed E-state index contributed by atoms with van der Waals surface area (Å²) >= 11 is 6.92. The molecule has 0 aromatic heterocycles. The van der Waals surface area contributed by atoms with Crippen LogP contribution in [0.3, 0.4) is 0 Å². The van der Waals surface area contributed by atoms with Crippen LogP contribution in [0.15, 0.2) is 45.3 Å². The maximum absolute atomic E-state index is 12.8. The molecular formula is C18H16Br2N2O3. The van der Waals surface area contributed by atoms with Crippen molar-refractivity contribution in [2.24, 2.45) is 0 Å². The molecule has 1 N–H and O–H groups in total. The van der Waals surface area contributed by atoms with E-state index in [1.807, 2.05) is 43.3 Å². The monoisotopic (exact) mass is 466 g/mol. The molecule has 2 atom stereocenters. The van der Waals surface area contributed by atoms with Gasteiger partial charge >= 0.3 is 6.03 Å². The van der Waals surface area contributed by atoms with Crippen LogP contribution in [0.25, 0.3) is 0 Å². The summed E-state index contributed by atoms with van der Waals surface area (Å²) in [6, 6.07) is 11.1. The first-order valence-corrected chi connectivity index (χ1v) is 9.42. The van der Waals surface area contributed by atoms with Crippen molar-refractivity contribution in [3.63, 3.8) is 0 Å². The number of rotatable bonds is 2. The Hall–Kier alpha value is -1.73. The third-order valence-electron chi connectivity index (χ3n) is 4.61. The van der Waals surface area contributed by atoms with Gasteiger partial charge < -0.3 is 14.8 Å². The number of hydrogen-bond acceptors (Lipinski definition) is 3. The number of urea groups is 1. The lowest BCUT2D eigenvalue weighted by Crippen LogP contribution is -2.65. The highest BCUT2D eigenvalue weighted by Gasteiger charge is 2.50. The first-order chi connectivity index (χ1) is 11.9. The number of halogens is 2. The standard InChI is InChI=1S/C18H16Br2N2O3/c1-18-9-14(13-7-11(20)8-15(24-2)16(13)25-18)21-17(23)22(18)12-5-3-10(19)4-6-12/h3-8,14H,9H2,1-2H3,(H,21,23)/t14-,18+/m1/s1. The van der Waals surface area contributed by atoms with Gasteiger partial charge in [0.05, 0.1) is 13.2 Å². The lowest BCUT2D eigenvalue weighted by Gasteiger charge is -2.50. The number of ether oxygens (including phenoxy) is 2. The van der Waals surface area contributed by atoms with Gasteiger partial charge in [-0.15, -0.1) is 0 Å². The molecule has 2 heterocycles. The van der Waals surface area contributed by atoms with Crippen LogP contribution >= 0.6 is 31.9 Å². The van der Waals surface area contributed by atoms with E-state index in [1.54, 1.807) is 12.0 Å². The fourth-order valence-corrected chi connectivity index (χ4v) is 4.25. The third kappa shape index (κ3) is 2.69. The summed E-state index contributed by atoms with van der Waals surface area (Å²) in [5.41, 5.74) is 0.906. The maximum Gasteiger partial charge on any atom is 0.325 e. The second-order valence-corrected chi connectivity index (χ2v) is 8.15. The van der Waals surface area contributed by atoms with Gasteiger partial charge in [-0.3, -0.25) is 4.90 Å². The zero-order valence-electron chi connectivity index (χ0n) is 13.7. The number of benzene rings is 2. The lowest BCUT2D eigenvalue weighted by molar-refractivity contribution is 0.0349. The number of amides is 2. The summed E-state index contributed by atoms with van der Waals surface area (Å²) in [5, 5.41) is 3.09. The van der Waals surface area contributed by atoms with E-state index < -0.39 is 5.72 Å². The minimum absolute atomic E-state index is 0.126. The molecule has 7 heteroatoms. The molecule has 2 aliphatic heterocycles. The van der Waals surface area contributed by atoms with Crippen molar-refractivity contribution in [3.05, 3.63) is 50.9 Å². The van der Waals surface area contributed by atoms with Crippen LogP contribution in [0.2, 0.25) is 0 Å². The number of nitrogens with one attached hydrogen (secondary N) is 1.